The second kappa shape index (κ2) is 7.98. The van der Waals surface area contributed by atoms with E-state index in [1.807, 2.05) is 0 Å². The Morgan fingerprint density at radius 1 is 1.37 bits per heavy atom. The molecule has 1 aromatic carbocycles. The summed E-state index contributed by atoms with van der Waals surface area (Å²) in [6.07, 6.45) is -2.18. The fourth-order valence-corrected chi connectivity index (χ4v) is 3.90. The summed E-state index contributed by atoms with van der Waals surface area (Å²) in [6.45, 7) is 2.42. The number of rotatable bonds is 4. The van der Waals surface area contributed by atoms with Gasteiger partial charge in [-0.3, -0.25) is 14.4 Å². The first kappa shape index (κ1) is 19.8. The van der Waals surface area contributed by atoms with Gasteiger partial charge in [0.1, 0.15) is 5.78 Å². The van der Waals surface area contributed by atoms with Crippen LogP contribution in [-0.4, -0.2) is 30.4 Å². The minimum Gasteiger partial charge on any atom is -0.352 e. The van der Waals surface area contributed by atoms with E-state index in [2.05, 4.69) is 17.7 Å². The summed E-state index contributed by atoms with van der Waals surface area (Å²) in [6, 6.07) is 4.39. The Hall–Kier alpha value is -1.93. The smallest absolute Gasteiger partial charge is 0.352 e. The maximum absolute atomic E-state index is 12.8. The Labute approximate surface area is 155 Å². The number of halogens is 3. The zero-order chi connectivity index (χ0) is 19.6. The Morgan fingerprint density at radius 2 is 2.15 bits per heavy atom. The largest absolute Gasteiger partial charge is 0.416 e. The van der Waals surface area contributed by atoms with Crippen molar-refractivity contribution >= 4 is 11.7 Å². The van der Waals surface area contributed by atoms with Gasteiger partial charge in [-0.1, -0.05) is 13.0 Å². The molecule has 1 aliphatic carbocycles. The first-order chi connectivity index (χ1) is 12.8. The lowest BCUT2D eigenvalue weighted by atomic mass is 9.74. The van der Waals surface area contributed by atoms with Crippen LogP contribution in [0.3, 0.4) is 0 Å². The monoisotopic (exact) mass is 384 g/mol. The van der Waals surface area contributed by atoms with Crippen molar-refractivity contribution < 1.29 is 27.6 Å². The molecule has 4 unspecified atom stereocenters. The summed E-state index contributed by atoms with van der Waals surface area (Å²) < 4.78 is 38.3. The molecule has 1 amide bonds. The number of hydrogen-bond donors (Lipinski definition) is 2. The molecule has 1 saturated heterocycles. The molecule has 0 bridgehead atoms. The summed E-state index contributed by atoms with van der Waals surface area (Å²) in [4.78, 5) is 29.3. The maximum atomic E-state index is 12.8. The van der Waals surface area contributed by atoms with Crippen LogP contribution in [0.2, 0.25) is 0 Å². The standard InChI is InChI=1S/C19H23F3N2O3/c1-11-15-6-5-14(25)10-17(15)27-24-16(11)7-8-23-18(26)12-3-2-4-13(9-12)19(20,21)22/h2-4,9,11,15-17,24H,5-8,10H2,1H3,(H,23,26). The molecule has 148 valence electrons. The van der Waals surface area contributed by atoms with Crippen molar-refractivity contribution in [3.8, 4) is 0 Å². The molecule has 1 aliphatic heterocycles. The van der Waals surface area contributed by atoms with Gasteiger partial charge in [0.15, 0.2) is 0 Å². The molecule has 4 atom stereocenters. The Bertz CT molecular complexity index is 708. The van der Waals surface area contributed by atoms with Crippen LogP contribution in [0.25, 0.3) is 0 Å². The van der Waals surface area contributed by atoms with E-state index in [0.29, 0.717) is 31.7 Å². The zero-order valence-corrected chi connectivity index (χ0v) is 15.0. The Kier molecular flexibility index (Phi) is 5.86. The Balaban J connectivity index is 1.51. The van der Waals surface area contributed by atoms with E-state index in [0.717, 1.165) is 18.6 Å². The van der Waals surface area contributed by atoms with Crippen LogP contribution >= 0.6 is 0 Å². The van der Waals surface area contributed by atoms with Gasteiger partial charge in [0.25, 0.3) is 5.91 Å². The van der Waals surface area contributed by atoms with Gasteiger partial charge in [-0.15, -0.1) is 0 Å². The minimum atomic E-state index is -4.48. The summed E-state index contributed by atoms with van der Waals surface area (Å²) in [5.41, 5.74) is 2.12. The van der Waals surface area contributed by atoms with Gasteiger partial charge in [0.05, 0.1) is 11.7 Å². The van der Waals surface area contributed by atoms with Crippen molar-refractivity contribution in [1.29, 1.82) is 0 Å². The minimum absolute atomic E-state index is 0.0151. The van der Waals surface area contributed by atoms with Gasteiger partial charge in [-0.2, -0.15) is 18.7 Å². The number of fused-ring (bicyclic) bond motifs is 1. The van der Waals surface area contributed by atoms with Crippen molar-refractivity contribution in [1.82, 2.24) is 10.8 Å². The third kappa shape index (κ3) is 4.68. The molecule has 3 rings (SSSR count). The highest BCUT2D eigenvalue weighted by Gasteiger charge is 2.41. The highest BCUT2D eigenvalue weighted by atomic mass is 19.4. The van der Waals surface area contributed by atoms with Crippen molar-refractivity contribution in [2.45, 2.75) is 50.9 Å². The van der Waals surface area contributed by atoms with Gasteiger partial charge < -0.3 is 5.32 Å². The highest BCUT2D eigenvalue weighted by molar-refractivity contribution is 5.94. The molecule has 0 aromatic heterocycles. The molecule has 2 N–H and O–H groups in total. The van der Waals surface area contributed by atoms with Crippen LogP contribution in [0.5, 0.6) is 0 Å². The van der Waals surface area contributed by atoms with Crippen LogP contribution in [0, 0.1) is 11.8 Å². The number of hydroxylamine groups is 1. The number of Topliss-reactive ketones (excluding diaryl/α,β-unsaturated/α-hetero) is 1. The number of carbonyl (C=O) groups is 2. The summed E-state index contributed by atoms with van der Waals surface area (Å²) in [7, 11) is 0. The molecule has 1 aromatic rings. The number of hydrogen-bond acceptors (Lipinski definition) is 4. The molecular weight excluding hydrogens is 361 g/mol. The van der Waals surface area contributed by atoms with Crippen LogP contribution in [0.15, 0.2) is 24.3 Å². The second-order valence-electron chi connectivity index (χ2n) is 7.31. The van der Waals surface area contributed by atoms with E-state index in [-0.39, 0.29) is 29.4 Å². The quantitative estimate of drug-likeness (QED) is 0.837. The van der Waals surface area contributed by atoms with Crippen LogP contribution in [-0.2, 0) is 15.8 Å². The van der Waals surface area contributed by atoms with Crippen molar-refractivity contribution in [3.63, 3.8) is 0 Å². The van der Waals surface area contributed by atoms with Crippen molar-refractivity contribution in [3.05, 3.63) is 35.4 Å². The summed E-state index contributed by atoms with van der Waals surface area (Å²) in [5.74, 6) is 0.263. The molecule has 1 saturated carbocycles. The number of carbonyl (C=O) groups excluding carboxylic acids is 2. The van der Waals surface area contributed by atoms with E-state index in [9.17, 15) is 22.8 Å². The van der Waals surface area contributed by atoms with Gasteiger partial charge in [0, 0.05) is 31.0 Å². The average molecular weight is 384 g/mol. The first-order valence-corrected chi connectivity index (χ1v) is 9.14. The number of alkyl halides is 3. The number of ketones is 1. The number of nitrogens with one attached hydrogen (secondary N) is 2. The van der Waals surface area contributed by atoms with Gasteiger partial charge in [-0.25, -0.2) is 0 Å². The van der Waals surface area contributed by atoms with Gasteiger partial charge >= 0.3 is 6.18 Å². The van der Waals surface area contributed by atoms with Crippen molar-refractivity contribution in [2.24, 2.45) is 11.8 Å². The fourth-order valence-electron chi connectivity index (χ4n) is 3.90. The van der Waals surface area contributed by atoms with E-state index >= 15 is 0 Å². The SMILES string of the molecule is CC1C(CCNC(=O)c2cccc(C(F)(F)F)c2)NOC2CC(=O)CCC21. The lowest BCUT2D eigenvalue weighted by Gasteiger charge is -2.43. The zero-order valence-electron chi connectivity index (χ0n) is 15.0. The van der Waals surface area contributed by atoms with Crippen LogP contribution < -0.4 is 10.8 Å². The molecule has 2 fully saturated rings. The number of benzene rings is 1. The van der Waals surface area contributed by atoms with Crippen molar-refractivity contribution in [2.75, 3.05) is 6.54 Å². The summed E-state index contributed by atoms with van der Waals surface area (Å²) >= 11 is 0. The Morgan fingerprint density at radius 3 is 2.89 bits per heavy atom. The predicted octanol–water partition coefficient (Wildman–Crippen LogP) is 3.10. The topological polar surface area (TPSA) is 67.4 Å². The molecule has 5 nitrogen and oxygen atoms in total. The van der Waals surface area contributed by atoms with E-state index < -0.39 is 17.6 Å². The van der Waals surface area contributed by atoms with E-state index in [1.165, 1.54) is 12.1 Å². The first-order valence-electron chi connectivity index (χ1n) is 9.14. The molecule has 0 radical (unpaired) electrons. The molecule has 8 heteroatoms. The third-order valence-corrected chi connectivity index (χ3v) is 5.54. The van der Waals surface area contributed by atoms with E-state index in [1.54, 1.807) is 0 Å². The molecular formula is C19H23F3N2O3. The van der Waals surface area contributed by atoms with Gasteiger partial charge in [0.2, 0.25) is 0 Å². The molecule has 0 spiro atoms. The summed E-state index contributed by atoms with van der Waals surface area (Å²) in [5, 5.41) is 2.67. The second-order valence-corrected chi connectivity index (χ2v) is 7.31. The highest BCUT2D eigenvalue weighted by Crippen LogP contribution is 2.36. The lowest BCUT2D eigenvalue weighted by molar-refractivity contribution is -0.160. The fraction of sp³-hybridized carbons (Fsp3) is 0.579. The lowest BCUT2D eigenvalue weighted by Crippen LogP contribution is -2.53. The third-order valence-electron chi connectivity index (χ3n) is 5.54. The number of amides is 1. The molecule has 27 heavy (non-hydrogen) atoms. The van der Waals surface area contributed by atoms with Gasteiger partial charge in [-0.05, 0) is 42.9 Å². The molecule has 2 aliphatic rings. The maximum Gasteiger partial charge on any atom is 0.416 e. The van der Waals surface area contributed by atoms with Crippen LogP contribution in [0.1, 0.15) is 48.5 Å². The molecule has 1 heterocycles. The average Bonchev–Trinajstić information content (AvgIpc) is 2.63. The van der Waals surface area contributed by atoms with Crippen LogP contribution in [0.4, 0.5) is 13.2 Å². The normalized spacial score (nSPS) is 28.5. The predicted molar refractivity (Wildman–Crippen MR) is 91.7 cm³/mol. The van der Waals surface area contributed by atoms with E-state index in [4.69, 9.17) is 4.84 Å².